The molecule has 1 nitrogen and oxygen atoms in total. The van der Waals surface area contributed by atoms with E-state index in [1.165, 1.54) is 85.1 Å². The normalized spacial score (nSPS) is 12.7. The van der Waals surface area contributed by atoms with Crippen molar-refractivity contribution in [3.05, 3.63) is 237 Å². The van der Waals surface area contributed by atoms with Gasteiger partial charge in [0.2, 0.25) is 0 Å². The summed E-state index contributed by atoms with van der Waals surface area (Å²) in [7, 11) is -2.83. The molecule has 12 rings (SSSR count). The van der Waals surface area contributed by atoms with Gasteiger partial charge in [0.1, 0.15) is 0 Å². The lowest BCUT2D eigenvalue weighted by atomic mass is 10.00. The van der Waals surface area contributed by atoms with Gasteiger partial charge >= 0.3 is 0 Å². The second-order valence-electron chi connectivity index (χ2n) is 16.0. The van der Waals surface area contributed by atoms with Crippen LogP contribution in [-0.2, 0) is 0 Å². The van der Waals surface area contributed by atoms with E-state index in [0.717, 1.165) is 17.1 Å². The number of thiophene rings is 1. The monoisotopic (exact) mass is 809 g/mol. The topological polar surface area (TPSA) is 3.24 Å². The minimum atomic E-state index is -2.83. The lowest BCUT2D eigenvalue weighted by Crippen LogP contribution is -2.72. The van der Waals surface area contributed by atoms with E-state index in [2.05, 4.69) is 241 Å². The van der Waals surface area contributed by atoms with Crippen LogP contribution in [-0.4, -0.2) is 8.07 Å². The SMILES string of the molecule is c1ccc(-c2cccc(N(c3ccc(-c4ccc5ccccc5c4)cc3)c3ccc4c(c3)[Si](c3ccccc3)(c3ccccc3)c3ccc5c(sc6ccccc65)c3-4)c2)cc1. The van der Waals surface area contributed by atoms with Gasteiger partial charge in [-0.2, -0.15) is 0 Å². The smallest absolute Gasteiger partial charge is 0.181 e. The molecule has 286 valence electrons. The predicted octanol–water partition coefficient (Wildman–Crippen LogP) is 13.4. The summed E-state index contributed by atoms with van der Waals surface area (Å²) in [5.74, 6) is 0. The van der Waals surface area contributed by atoms with Crippen LogP contribution in [0.3, 0.4) is 0 Å². The number of hydrogen-bond donors (Lipinski definition) is 0. The summed E-state index contributed by atoms with van der Waals surface area (Å²) >= 11 is 1.94. The Morgan fingerprint density at radius 1 is 0.344 bits per heavy atom. The lowest BCUT2D eigenvalue weighted by molar-refractivity contribution is 1.29. The number of hydrogen-bond acceptors (Lipinski definition) is 2. The number of benzene rings is 10. The van der Waals surface area contributed by atoms with Crippen molar-refractivity contribution in [3.8, 4) is 33.4 Å². The zero-order valence-electron chi connectivity index (χ0n) is 33.4. The molecule has 0 amide bonds. The number of nitrogens with zero attached hydrogens (tertiary/aromatic N) is 1. The minimum absolute atomic E-state index is 1.11. The quantitative estimate of drug-likeness (QED) is 0.145. The van der Waals surface area contributed by atoms with Crippen LogP contribution in [0.4, 0.5) is 17.1 Å². The molecule has 1 aliphatic rings. The third-order valence-electron chi connectivity index (χ3n) is 12.7. The molecule has 3 heteroatoms. The van der Waals surface area contributed by atoms with Crippen LogP contribution in [0.1, 0.15) is 0 Å². The van der Waals surface area contributed by atoms with Crippen LogP contribution in [0.15, 0.2) is 237 Å². The van der Waals surface area contributed by atoms with Crippen molar-refractivity contribution in [1.29, 1.82) is 0 Å². The maximum absolute atomic E-state index is 2.83. The molecule has 0 N–H and O–H groups in total. The minimum Gasteiger partial charge on any atom is -0.310 e. The van der Waals surface area contributed by atoms with Gasteiger partial charge in [0.25, 0.3) is 0 Å². The van der Waals surface area contributed by atoms with Gasteiger partial charge < -0.3 is 4.90 Å². The highest BCUT2D eigenvalue weighted by Crippen LogP contribution is 2.44. The average molecular weight is 810 g/mol. The van der Waals surface area contributed by atoms with E-state index < -0.39 is 8.07 Å². The van der Waals surface area contributed by atoms with E-state index in [-0.39, 0.29) is 0 Å². The molecule has 2 heterocycles. The van der Waals surface area contributed by atoms with Gasteiger partial charge in [-0.25, -0.2) is 0 Å². The third kappa shape index (κ3) is 5.73. The first-order valence-corrected chi connectivity index (χ1v) is 23.8. The molecular formula is C58H39NSSi. The molecule has 1 aliphatic heterocycles. The molecular weight excluding hydrogens is 771 g/mol. The molecule has 0 fully saturated rings. The molecule has 10 aromatic carbocycles. The number of rotatable bonds is 7. The zero-order chi connectivity index (χ0) is 40.3. The Morgan fingerprint density at radius 3 is 1.70 bits per heavy atom. The summed E-state index contributed by atoms with van der Waals surface area (Å²) in [6.07, 6.45) is 0. The Kier molecular flexibility index (Phi) is 8.44. The van der Waals surface area contributed by atoms with E-state index in [0.29, 0.717) is 0 Å². The maximum Gasteiger partial charge on any atom is 0.181 e. The third-order valence-corrected chi connectivity index (χ3v) is 18.8. The fourth-order valence-corrected chi connectivity index (χ4v) is 16.5. The standard InChI is InChI=1S/C58H39NSSi/c1-4-15-40(16-5-1)44-19-14-20-47(38-44)59(46-31-29-42(30-32-46)45-28-27-41-17-10-11-18-43(41)37-45)48-33-34-53-56(39-48)61(49-21-6-2-7-22-49,50-23-8-3-9-24-50)55-36-35-52-51-25-12-13-26-54(51)60-58(52)57(53)55/h1-39H. The average Bonchev–Trinajstić information content (AvgIpc) is 3.86. The summed E-state index contributed by atoms with van der Waals surface area (Å²) in [6, 6.07) is 88.1. The molecule has 0 aliphatic carbocycles. The van der Waals surface area contributed by atoms with Crippen molar-refractivity contribution in [2.24, 2.45) is 0 Å². The molecule has 1 aromatic heterocycles. The van der Waals surface area contributed by atoms with E-state index in [4.69, 9.17) is 0 Å². The zero-order valence-corrected chi connectivity index (χ0v) is 35.2. The molecule has 61 heavy (non-hydrogen) atoms. The van der Waals surface area contributed by atoms with Crippen LogP contribution in [0.5, 0.6) is 0 Å². The molecule has 0 atom stereocenters. The van der Waals surface area contributed by atoms with Gasteiger partial charge in [-0.1, -0.05) is 188 Å². The predicted molar refractivity (Wildman–Crippen MR) is 265 cm³/mol. The first-order valence-electron chi connectivity index (χ1n) is 21.0. The Hall–Kier alpha value is -7.30. The highest BCUT2D eigenvalue weighted by Gasteiger charge is 2.49. The summed E-state index contributed by atoms with van der Waals surface area (Å²) in [4.78, 5) is 2.46. The summed E-state index contributed by atoms with van der Waals surface area (Å²) in [5, 5.41) is 10.9. The van der Waals surface area contributed by atoms with E-state index >= 15 is 0 Å². The Balaban J connectivity index is 1.10. The van der Waals surface area contributed by atoms with Crippen molar-refractivity contribution in [2.75, 3.05) is 4.90 Å². The van der Waals surface area contributed by atoms with Crippen LogP contribution in [0.2, 0.25) is 0 Å². The van der Waals surface area contributed by atoms with E-state index in [9.17, 15) is 0 Å². The Labute approximate surface area is 361 Å². The summed E-state index contributed by atoms with van der Waals surface area (Å²) in [5.41, 5.74) is 10.9. The van der Waals surface area contributed by atoms with Crippen LogP contribution < -0.4 is 25.6 Å². The molecule has 0 radical (unpaired) electrons. The molecule has 0 unspecified atom stereocenters. The molecule has 11 aromatic rings. The maximum atomic E-state index is 2.55. The first kappa shape index (κ1) is 35.6. The first-order chi connectivity index (χ1) is 30.2. The largest absolute Gasteiger partial charge is 0.310 e. The van der Waals surface area contributed by atoms with Crippen molar-refractivity contribution in [1.82, 2.24) is 0 Å². The van der Waals surface area contributed by atoms with Crippen molar-refractivity contribution >= 4 is 88.2 Å². The van der Waals surface area contributed by atoms with Crippen molar-refractivity contribution < 1.29 is 0 Å². The van der Waals surface area contributed by atoms with Crippen LogP contribution in [0, 0.1) is 0 Å². The van der Waals surface area contributed by atoms with Gasteiger partial charge in [-0.15, -0.1) is 11.3 Å². The Morgan fingerprint density at radius 2 is 0.934 bits per heavy atom. The fraction of sp³-hybridized carbons (Fsp3) is 0. The molecule has 0 saturated heterocycles. The molecule has 0 bridgehead atoms. The highest BCUT2D eigenvalue weighted by molar-refractivity contribution is 7.28. The lowest BCUT2D eigenvalue weighted by Gasteiger charge is -2.33. The van der Waals surface area contributed by atoms with E-state index in [1.54, 1.807) is 0 Å². The number of anilines is 3. The van der Waals surface area contributed by atoms with Gasteiger partial charge in [-0.3, -0.25) is 0 Å². The van der Waals surface area contributed by atoms with Gasteiger partial charge in [0, 0.05) is 37.2 Å². The van der Waals surface area contributed by atoms with Gasteiger partial charge in [-0.05, 0) is 113 Å². The van der Waals surface area contributed by atoms with Crippen molar-refractivity contribution in [2.45, 2.75) is 0 Å². The summed E-state index contributed by atoms with van der Waals surface area (Å²) in [6.45, 7) is 0. The van der Waals surface area contributed by atoms with Crippen LogP contribution >= 0.6 is 11.3 Å². The van der Waals surface area contributed by atoms with Crippen molar-refractivity contribution in [3.63, 3.8) is 0 Å². The van der Waals surface area contributed by atoms with Crippen LogP contribution in [0.25, 0.3) is 64.3 Å². The van der Waals surface area contributed by atoms with E-state index in [1.807, 2.05) is 11.3 Å². The molecule has 0 saturated carbocycles. The Bertz CT molecular complexity index is 3370. The fourth-order valence-electron chi connectivity index (χ4n) is 9.95. The molecule has 0 spiro atoms. The second-order valence-corrected chi connectivity index (χ2v) is 20.8. The summed E-state index contributed by atoms with van der Waals surface area (Å²) < 4.78 is 2.71. The van der Waals surface area contributed by atoms with Gasteiger partial charge in [0.15, 0.2) is 8.07 Å². The number of fused-ring (bicyclic) bond motifs is 8. The second kappa shape index (κ2) is 14.5. The highest BCUT2D eigenvalue weighted by atomic mass is 32.1. The van der Waals surface area contributed by atoms with Gasteiger partial charge in [0.05, 0.1) is 0 Å².